The van der Waals surface area contributed by atoms with Crippen molar-refractivity contribution in [3.8, 4) is 5.75 Å². The molecule has 0 aromatic heterocycles. The Bertz CT molecular complexity index is 695. The lowest BCUT2D eigenvalue weighted by molar-refractivity contribution is 0.0342. The van der Waals surface area contributed by atoms with Crippen LogP contribution in [-0.4, -0.2) is 43.8 Å². The van der Waals surface area contributed by atoms with Crippen molar-refractivity contribution in [2.45, 2.75) is 13.5 Å². The van der Waals surface area contributed by atoms with Crippen molar-refractivity contribution in [2.24, 2.45) is 0 Å². The number of nitrogens with zero attached hydrogens (tertiary/aromatic N) is 1. The number of urea groups is 1. The number of nitrogens with one attached hydrogen (secondary N) is 2. The summed E-state index contributed by atoms with van der Waals surface area (Å²) in [5.41, 5.74) is 2.71. The molecule has 0 bridgehead atoms. The molecule has 26 heavy (non-hydrogen) atoms. The summed E-state index contributed by atoms with van der Waals surface area (Å²) in [4.78, 5) is 14.5. The van der Waals surface area contributed by atoms with Crippen molar-refractivity contribution in [2.75, 3.05) is 43.5 Å². The van der Waals surface area contributed by atoms with E-state index in [0.29, 0.717) is 6.61 Å². The van der Waals surface area contributed by atoms with Crippen LogP contribution in [0.25, 0.3) is 0 Å². The van der Waals surface area contributed by atoms with Crippen molar-refractivity contribution < 1.29 is 14.3 Å². The molecule has 0 radical (unpaired) electrons. The summed E-state index contributed by atoms with van der Waals surface area (Å²) in [6.45, 7) is 6.98. The average Bonchev–Trinajstić information content (AvgIpc) is 2.66. The summed E-state index contributed by atoms with van der Waals surface area (Å²) in [6, 6.07) is 15.0. The minimum atomic E-state index is -0.268. The van der Waals surface area contributed by atoms with Gasteiger partial charge < -0.3 is 20.1 Å². The van der Waals surface area contributed by atoms with Crippen molar-refractivity contribution in [1.82, 2.24) is 4.90 Å². The highest BCUT2D eigenvalue weighted by Crippen LogP contribution is 2.17. The monoisotopic (exact) mass is 355 g/mol. The second-order valence-electron chi connectivity index (χ2n) is 6.12. The Morgan fingerprint density at radius 3 is 2.15 bits per heavy atom. The van der Waals surface area contributed by atoms with Gasteiger partial charge in [0.15, 0.2) is 0 Å². The Hall–Kier alpha value is -2.57. The Morgan fingerprint density at radius 1 is 1.00 bits per heavy atom. The normalized spacial score (nSPS) is 14.7. The predicted octanol–water partition coefficient (Wildman–Crippen LogP) is 3.56. The summed E-state index contributed by atoms with van der Waals surface area (Å²) >= 11 is 0. The number of carbonyl (C=O) groups excluding carboxylic acids is 1. The van der Waals surface area contributed by atoms with E-state index in [4.69, 9.17) is 9.47 Å². The average molecular weight is 355 g/mol. The number of hydrogen-bond donors (Lipinski definition) is 2. The molecule has 0 saturated carbocycles. The molecule has 2 aromatic rings. The molecule has 1 fully saturated rings. The van der Waals surface area contributed by atoms with Crippen LogP contribution in [0.5, 0.6) is 5.75 Å². The predicted molar refractivity (Wildman–Crippen MR) is 103 cm³/mol. The zero-order chi connectivity index (χ0) is 18.2. The van der Waals surface area contributed by atoms with Crippen molar-refractivity contribution in [3.63, 3.8) is 0 Å². The summed E-state index contributed by atoms with van der Waals surface area (Å²) < 4.78 is 10.8. The molecule has 2 aromatic carbocycles. The number of rotatable bonds is 6. The first-order valence-corrected chi connectivity index (χ1v) is 8.93. The number of ether oxygens (including phenoxy) is 2. The summed E-state index contributed by atoms with van der Waals surface area (Å²) in [5, 5.41) is 5.66. The van der Waals surface area contributed by atoms with Gasteiger partial charge in [-0.15, -0.1) is 0 Å². The molecule has 1 aliphatic heterocycles. The van der Waals surface area contributed by atoms with Gasteiger partial charge in [0, 0.05) is 31.0 Å². The molecule has 3 rings (SSSR count). The maximum Gasteiger partial charge on any atom is 0.323 e. The van der Waals surface area contributed by atoms with Gasteiger partial charge >= 0.3 is 6.03 Å². The second-order valence-corrected chi connectivity index (χ2v) is 6.12. The molecule has 6 heteroatoms. The minimum Gasteiger partial charge on any atom is -0.494 e. The minimum absolute atomic E-state index is 0.268. The molecule has 0 atom stereocenters. The second kappa shape index (κ2) is 9.22. The summed E-state index contributed by atoms with van der Waals surface area (Å²) in [5.74, 6) is 0.786. The highest BCUT2D eigenvalue weighted by molar-refractivity contribution is 5.99. The number of anilines is 2. The SMILES string of the molecule is CCOc1ccc(NC(=O)Nc2ccc(CN3CCOCC3)cc2)cc1. The van der Waals surface area contributed by atoms with Crippen LogP contribution in [-0.2, 0) is 11.3 Å². The third-order valence-electron chi connectivity index (χ3n) is 4.14. The van der Waals surface area contributed by atoms with Crippen LogP contribution in [0.2, 0.25) is 0 Å². The van der Waals surface area contributed by atoms with E-state index in [9.17, 15) is 4.79 Å². The first kappa shape index (κ1) is 18.2. The Labute approximate surface area is 154 Å². The van der Waals surface area contributed by atoms with Crippen LogP contribution in [0.1, 0.15) is 12.5 Å². The van der Waals surface area contributed by atoms with Crippen molar-refractivity contribution in [3.05, 3.63) is 54.1 Å². The smallest absolute Gasteiger partial charge is 0.323 e. The number of hydrogen-bond acceptors (Lipinski definition) is 4. The van der Waals surface area contributed by atoms with Crippen molar-refractivity contribution >= 4 is 17.4 Å². The fourth-order valence-electron chi connectivity index (χ4n) is 2.81. The molecular weight excluding hydrogens is 330 g/mol. The first-order chi connectivity index (χ1) is 12.7. The van der Waals surface area contributed by atoms with Crippen LogP contribution in [0.4, 0.5) is 16.2 Å². The zero-order valence-corrected chi connectivity index (χ0v) is 15.0. The maximum atomic E-state index is 12.1. The van der Waals surface area contributed by atoms with Crippen molar-refractivity contribution in [1.29, 1.82) is 0 Å². The topological polar surface area (TPSA) is 62.8 Å². The van der Waals surface area contributed by atoms with Gasteiger partial charge in [0.25, 0.3) is 0 Å². The van der Waals surface area contributed by atoms with E-state index in [0.717, 1.165) is 50.0 Å². The van der Waals surface area contributed by atoms with Gasteiger partial charge in [-0.1, -0.05) is 12.1 Å². The van der Waals surface area contributed by atoms with Crippen LogP contribution in [0.15, 0.2) is 48.5 Å². The van der Waals surface area contributed by atoms with Crippen LogP contribution in [0, 0.1) is 0 Å². The van der Waals surface area contributed by atoms with E-state index >= 15 is 0 Å². The fourth-order valence-corrected chi connectivity index (χ4v) is 2.81. The molecule has 0 unspecified atom stereocenters. The maximum absolute atomic E-state index is 12.1. The molecule has 1 heterocycles. The lowest BCUT2D eigenvalue weighted by Gasteiger charge is -2.26. The third kappa shape index (κ3) is 5.47. The number of morpholine rings is 1. The molecule has 0 aliphatic carbocycles. The van der Waals surface area contributed by atoms with E-state index in [2.05, 4.69) is 15.5 Å². The highest BCUT2D eigenvalue weighted by atomic mass is 16.5. The number of carbonyl (C=O) groups is 1. The Morgan fingerprint density at radius 2 is 1.58 bits per heavy atom. The van der Waals surface area contributed by atoms with E-state index < -0.39 is 0 Å². The van der Waals surface area contributed by atoms with Crippen LogP contribution in [0.3, 0.4) is 0 Å². The van der Waals surface area contributed by atoms with Crippen LogP contribution < -0.4 is 15.4 Å². The molecule has 2 N–H and O–H groups in total. The number of benzene rings is 2. The molecule has 1 saturated heterocycles. The highest BCUT2D eigenvalue weighted by Gasteiger charge is 2.10. The first-order valence-electron chi connectivity index (χ1n) is 8.93. The Balaban J connectivity index is 1.49. The molecule has 138 valence electrons. The molecule has 6 nitrogen and oxygen atoms in total. The molecular formula is C20H25N3O3. The zero-order valence-electron chi connectivity index (χ0n) is 15.0. The van der Waals surface area contributed by atoms with Gasteiger partial charge in [0.05, 0.1) is 19.8 Å². The summed E-state index contributed by atoms with van der Waals surface area (Å²) in [7, 11) is 0. The molecule has 2 amide bonds. The third-order valence-corrected chi connectivity index (χ3v) is 4.14. The van der Waals surface area contributed by atoms with Gasteiger partial charge in [-0.2, -0.15) is 0 Å². The van der Waals surface area contributed by atoms with Crippen LogP contribution >= 0.6 is 0 Å². The quantitative estimate of drug-likeness (QED) is 0.832. The van der Waals surface area contributed by atoms with Gasteiger partial charge in [-0.05, 0) is 48.9 Å². The van der Waals surface area contributed by atoms with E-state index in [1.807, 2.05) is 55.5 Å². The molecule has 1 aliphatic rings. The van der Waals surface area contributed by atoms with Gasteiger partial charge in [-0.25, -0.2) is 4.79 Å². The summed E-state index contributed by atoms with van der Waals surface area (Å²) in [6.07, 6.45) is 0. The van der Waals surface area contributed by atoms with E-state index in [-0.39, 0.29) is 6.03 Å². The number of amides is 2. The van der Waals surface area contributed by atoms with E-state index in [1.54, 1.807) is 0 Å². The largest absolute Gasteiger partial charge is 0.494 e. The fraction of sp³-hybridized carbons (Fsp3) is 0.350. The van der Waals surface area contributed by atoms with Gasteiger partial charge in [-0.3, -0.25) is 4.90 Å². The Kier molecular flexibility index (Phi) is 6.46. The lowest BCUT2D eigenvalue weighted by Crippen LogP contribution is -2.35. The molecule has 0 spiro atoms. The van der Waals surface area contributed by atoms with E-state index in [1.165, 1.54) is 5.56 Å². The lowest BCUT2D eigenvalue weighted by atomic mass is 10.2. The van der Waals surface area contributed by atoms with Gasteiger partial charge in [0.1, 0.15) is 5.75 Å². The standard InChI is InChI=1S/C20H25N3O3/c1-2-26-19-9-7-18(8-10-19)22-20(24)21-17-5-3-16(4-6-17)15-23-11-13-25-14-12-23/h3-10H,2,11-15H2,1H3,(H2,21,22,24). The van der Waals surface area contributed by atoms with Gasteiger partial charge in [0.2, 0.25) is 0 Å².